The molecule has 1 aromatic heterocycles. The fraction of sp³-hybridized carbons (Fsp3) is 0. The van der Waals surface area contributed by atoms with Crippen LogP contribution < -0.4 is 11.1 Å². The number of hydrogen-bond donors (Lipinski definition) is 2. The topological polar surface area (TPSA) is 141 Å². The van der Waals surface area contributed by atoms with Crippen molar-refractivity contribution < 1.29 is 14.5 Å². The van der Waals surface area contributed by atoms with E-state index in [0.29, 0.717) is 0 Å². The Morgan fingerprint density at radius 3 is 2.50 bits per heavy atom. The number of carbonyl (C=O) groups excluding carboxylic acids is 2. The maximum Gasteiger partial charge on any atom is 0.272 e. The van der Waals surface area contributed by atoms with E-state index in [0.717, 1.165) is 11.5 Å². The summed E-state index contributed by atoms with van der Waals surface area (Å²) in [6, 6.07) is 5.00. The van der Waals surface area contributed by atoms with Crippen LogP contribution in [0.3, 0.4) is 0 Å². The third-order valence-corrected chi connectivity index (χ3v) is 2.93. The number of amides is 2. The van der Waals surface area contributed by atoms with Gasteiger partial charge in [-0.3, -0.25) is 19.7 Å². The molecule has 2 rings (SSSR count). The number of nitro benzene ring substituents is 1. The molecule has 0 spiro atoms. The standard InChI is InChI=1S/C10H7N5O4S/c11-8(16)7-10(20-14-13-7)12-9(17)5-1-3-6(4-2-5)15(18)19/h1-4H,(H2,11,16)(H,12,17). The van der Waals surface area contributed by atoms with Gasteiger partial charge in [0.1, 0.15) is 5.00 Å². The van der Waals surface area contributed by atoms with Gasteiger partial charge in [-0.2, -0.15) is 0 Å². The number of hydrogen-bond acceptors (Lipinski definition) is 7. The van der Waals surface area contributed by atoms with Gasteiger partial charge in [-0.15, -0.1) is 5.10 Å². The number of aromatic nitrogens is 2. The van der Waals surface area contributed by atoms with Crippen LogP contribution >= 0.6 is 11.5 Å². The maximum atomic E-state index is 11.9. The second-order valence-corrected chi connectivity index (χ2v) is 4.33. The first-order chi connectivity index (χ1) is 9.49. The fourth-order valence-corrected chi connectivity index (χ4v) is 1.91. The predicted molar refractivity (Wildman–Crippen MR) is 69.5 cm³/mol. The molecule has 10 heteroatoms. The van der Waals surface area contributed by atoms with Gasteiger partial charge in [0.25, 0.3) is 17.5 Å². The molecule has 0 unspecified atom stereocenters. The number of non-ortho nitro benzene ring substituents is 1. The Balaban J connectivity index is 2.17. The van der Waals surface area contributed by atoms with Crippen LogP contribution in [0.15, 0.2) is 24.3 Å². The van der Waals surface area contributed by atoms with Crippen LogP contribution in [0.25, 0.3) is 0 Å². The normalized spacial score (nSPS) is 10.0. The lowest BCUT2D eigenvalue weighted by molar-refractivity contribution is -0.384. The summed E-state index contributed by atoms with van der Waals surface area (Å²) in [6.07, 6.45) is 0. The molecular weight excluding hydrogens is 286 g/mol. The Morgan fingerprint density at radius 2 is 1.95 bits per heavy atom. The number of nitro groups is 1. The third-order valence-electron chi connectivity index (χ3n) is 2.29. The molecule has 0 atom stereocenters. The molecule has 0 aliphatic carbocycles. The van der Waals surface area contributed by atoms with Gasteiger partial charge in [0, 0.05) is 29.2 Å². The first-order valence-electron chi connectivity index (χ1n) is 5.17. The Kier molecular flexibility index (Phi) is 3.66. The average Bonchev–Trinajstić information content (AvgIpc) is 2.87. The minimum Gasteiger partial charge on any atom is -0.364 e. The van der Waals surface area contributed by atoms with Gasteiger partial charge in [-0.05, 0) is 12.1 Å². The highest BCUT2D eigenvalue weighted by Gasteiger charge is 2.17. The van der Waals surface area contributed by atoms with E-state index in [1.165, 1.54) is 24.3 Å². The quantitative estimate of drug-likeness (QED) is 0.630. The van der Waals surface area contributed by atoms with Crippen molar-refractivity contribution in [1.29, 1.82) is 0 Å². The average molecular weight is 293 g/mol. The highest BCUT2D eigenvalue weighted by molar-refractivity contribution is 7.10. The molecule has 0 aliphatic heterocycles. The number of anilines is 1. The number of nitrogens with one attached hydrogen (secondary N) is 1. The summed E-state index contributed by atoms with van der Waals surface area (Å²) >= 11 is 0.807. The maximum absolute atomic E-state index is 11.9. The summed E-state index contributed by atoms with van der Waals surface area (Å²) in [7, 11) is 0. The van der Waals surface area contributed by atoms with E-state index < -0.39 is 16.7 Å². The number of benzene rings is 1. The molecule has 20 heavy (non-hydrogen) atoms. The van der Waals surface area contributed by atoms with E-state index in [9.17, 15) is 19.7 Å². The first-order valence-corrected chi connectivity index (χ1v) is 5.94. The van der Waals surface area contributed by atoms with Crippen LogP contribution in [0.4, 0.5) is 10.7 Å². The monoisotopic (exact) mass is 293 g/mol. The van der Waals surface area contributed by atoms with Crippen molar-refractivity contribution in [3.8, 4) is 0 Å². The van der Waals surface area contributed by atoms with E-state index in [1.54, 1.807) is 0 Å². The van der Waals surface area contributed by atoms with E-state index in [1.807, 2.05) is 0 Å². The Morgan fingerprint density at radius 1 is 1.30 bits per heavy atom. The van der Waals surface area contributed by atoms with Crippen molar-refractivity contribution >= 4 is 34.0 Å². The van der Waals surface area contributed by atoms with E-state index in [2.05, 4.69) is 14.9 Å². The number of nitrogens with two attached hydrogens (primary N) is 1. The molecule has 0 radical (unpaired) electrons. The Hall–Kier alpha value is -2.88. The number of rotatable bonds is 4. The molecule has 2 aromatic rings. The Labute approximate surface area is 115 Å². The van der Waals surface area contributed by atoms with Gasteiger partial charge in [-0.1, -0.05) is 4.49 Å². The number of nitrogens with zero attached hydrogens (tertiary/aromatic N) is 3. The van der Waals surface area contributed by atoms with Gasteiger partial charge in [0.2, 0.25) is 0 Å². The molecular formula is C10H7N5O4S. The van der Waals surface area contributed by atoms with Crippen molar-refractivity contribution in [1.82, 2.24) is 9.59 Å². The molecule has 1 aromatic carbocycles. The van der Waals surface area contributed by atoms with Gasteiger partial charge in [0.05, 0.1) is 4.92 Å². The highest BCUT2D eigenvalue weighted by Crippen LogP contribution is 2.19. The van der Waals surface area contributed by atoms with Crippen LogP contribution in [0, 0.1) is 10.1 Å². The van der Waals surface area contributed by atoms with Crippen LogP contribution in [0.1, 0.15) is 20.8 Å². The molecule has 0 bridgehead atoms. The highest BCUT2D eigenvalue weighted by atomic mass is 32.1. The summed E-state index contributed by atoms with van der Waals surface area (Å²) in [5, 5.41) is 16.5. The minimum absolute atomic E-state index is 0.126. The van der Waals surface area contributed by atoms with Crippen molar-refractivity contribution in [2.45, 2.75) is 0 Å². The van der Waals surface area contributed by atoms with Gasteiger partial charge >= 0.3 is 0 Å². The predicted octanol–water partition coefficient (Wildman–Crippen LogP) is 0.797. The second kappa shape index (κ2) is 5.40. The van der Waals surface area contributed by atoms with Crippen LogP contribution in [0.2, 0.25) is 0 Å². The summed E-state index contributed by atoms with van der Waals surface area (Å²) in [4.78, 5) is 32.8. The summed E-state index contributed by atoms with van der Waals surface area (Å²) < 4.78 is 3.51. The zero-order valence-corrected chi connectivity index (χ0v) is 10.6. The summed E-state index contributed by atoms with van der Waals surface area (Å²) in [5.74, 6) is -1.36. The third kappa shape index (κ3) is 2.75. The summed E-state index contributed by atoms with van der Waals surface area (Å²) in [5.41, 5.74) is 5.00. The van der Waals surface area contributed by atoms with E-state index in [-0.39, 0.29) is 21.9 Å². The first kappa shape index (κ1) is 13.5. The van der Waals surface area contributed by atoms with Crippen LogP contribution in [-0.2, 0) is 0 Å². The number of primary amides is 1. The molecule has 0 saturated heterocycles. The Bertz CT molecular complexity index is 681. The zero-order valence-electron chi connectivity index (χ0n) is 9.77. The molecule has 3 N–H and O–H groups in total. The van der Waals surface area contributed by atoms with Gasteiger partial charge in [0.15, 0.2) is 5.69 Å². The van der Waals surface area contributed by atoms with Gasteiger partial charge in [-0.25, -0.2) is 0 Å². The number of carbonyl (C=O) groups is 2. The largest absolute Gasteiger partial charge is 0.364 e. The minimum atomic E-state index is -0.808. The van der Waals surface area contributed by atoms with Crippen LogP contribution in [-0.4, -0.2) is 26.3 Å². The molecule has 0 saturated carbocycles. The molecule has 102 valence electrons. The molecule has 9 nitrogen and oxygen atoms in total. The lowest BCUT2D eigenvalue weighted by Gasteiger charge is -2.02. The lowest BCUT2D eigenvalue weighted by atomic mass is 10.2. The molecule has 1 heterocycles. The van der Waals surface area contributed by atoms with Crippen molar-refractivity contribution in [3.63, 3.8) is 0 Å². The van der Waals surface area contributed by atoms with Crippen molar-refractivity contribution in [2.75, 3.05) is 5.32 Å². The van der Waals surface area contributed by atoms with Gasteiger partial charge < -0.3 is 11.1 Å². The molecule has 0 aliphatic rings. The van der Waals surface area contributed by atoms with Crippen molar-refractivity contribution in [2.24, 2.45) is 5.73 Å². The van der Waals surface area contributed by atoms with Crippen molar-refractivity contribution in [3.05, 3.63) is 45.6 Å². The second-order valence-electron chi connectivity index (χ2n) is 3.57. The molecule has 2 amide bonds. The van der Waals surface area contributed by atoms with E-state index in [4.69, 9.17) is 5.73 Å². The van der Waals surface area contributed by atoms with E-state index >= 15 is 0 Å². The zero-order chi connectivity index (χ0) is 14.7. The summed E-state index contributed by atoms with van der Waals surface area (Å²) in [6.45, 7) is 0. The smallest absolute Gasteiger partial charge is 0.272 e. The SMILES string of the molecule is NC(=O)c1nnsc1NC(=O)c1ccc([N+](=O)[O-])cc1. The fourth-order valence-electron chi connectivity index (χ4n) is 1.34. The van der Waals surface area contributed by atoms with Crippen LogP contribution in [0.5, 0.6) is 0 Å². The molecule has 0 fully saturated rings. The lowest BCUT2D eigenvalue weighted by Crippen LogP contribution is -2.17.